The fourth-order valence-corrected chi connectivity index (χ4v) is 4.80. The van der Waals surface area contributed by atoms with E-state index in [0.29, 0.717) is 21.3 Å². The van der Waals surface area contributed by atoms with Crippen molar-refractivity contribution in [2.24, 2.45) is 5.73 Å². The highest BCUT2D eigenvalue weighted by molar-refractivity contribution is 7.99. The lowest BCUT2D eigenvalue weighted by Gasteiger charge is -2.18. The van der Waals surface area contributed by atoms with Gasteiger partial charge in [-0.15, -0.1) is 11.3 Å². The third kappa shape index (κ3) is 2.42. The number of hydrogen-bond donors (Lipinski definition) is 2. The summed E-state index contributed by atoms with van der Waals surface area (Å²) in [5.74, 6) is 5.80. The second-order valence-electron chi connectivity index (χ2n) is 5.24. The van der Waals surface area contributed by atoms with E-state index in [0.717, 1.165) is 41.3 Å². The van der Waals surface area contributed by atoms with Crippen LogP contribution in [-0.2, 0) is 11.2 Å². The summed E-state index contributed by atoms with van der Waals surface area (Å²) in [4.78, 5) is 29.8. The minimum Gasteiger partial charge on any atom is -0.369 e. The molecule has 2 heterocycles. The highest BCUT2D eigenvalue weighted by Crippen LogP contribution is 2.40. The SMILES string of the molecule is CC1CCCc2sc3nc(SCC(N)=O)n(N)c(=O)c3c21. The van der Waals surface area contributed by atoms with E-state index in [9.17, 15) is 9.59 Å². The van der Waals surface area contributed by atoms with Crippen LogP contribution in [0.5, 0.6) is 0 Å². The van der Waals surface area contributed by atoms with Gasteiger partial charge in [-0.05, 0) is 30.7 Å². The summed E-state index contributed by atoms with van der Waals surface area (Å²) >= 11 is 2.66. The van der Waals surface area contributed by atoms with E-state index in [1.165, 1.54) is 4.88 Å². The molecule has 1 aliphatic rings. The van der Waals surface area contributed by atoms with E-state index in [-0.39, 0.29) is 11.3 Å². The maximum Gasteiger partial charge on any atom is 0.281 e. The fraction of sp³-hybridized carbons (Fsp3) is 0.462. The van der Waals surface area contributed by atoms with Gasteiger partial charge in [-0.2, -0.15) is 0 Å². The topological polar surface area (TPSA) is 104 Å². The van der Waals surface area contributed by atoms with E-state index in [1.54, 1.807) is 11.3 Å². The van der Waals surface area contributed by atoms with E-state index in [2.05, 4.69) is 11.9 Å². The summed E-state index contributed by atoms with van der Waals surface area (Å²) < 4.78 is 1.03. The third-order valence-electron chi connectivity index (χ3n) is 3.72. The number of nitrogens with two attached hydrogens (primary N) is 2. The number of nitrogen functional groups attached to an aromatic ring is 1. The molecule has 0 fully saturated rings. The number of thiophene rings is 1. The molecule has 21 heavy (non-hydrogen) atoms. The molecule has 6 nitrogen and oxygen atoms in total. The normalized spacial score (nSPS) is 17.9. The minimum absolute atomic E-state index is 0.0522. The van der Waals surface area contributed by atoms with Gasteiger partial charge in [0.25, 0.3) is 5.56 Å². The van der Waals surface area contributed by atoms with Crippen LogP contribution in [0.1, 0.15) is 36.1 Å². The highest BCUT2D eigenvalue weighted by atomic mass is 32.2. The first-order valence-electron chi connectivity index (χ1n) is 6.73. The maximum absolute atomic E-state index is 12.5. The number of aromatic nitrogens is 2. The van der Waals surface area contributed by atoms with Crippen LogP contribution >= 0.6 is 23.1 Å². The standard InChI is InChI=1S/C13H16N4O2S2/c1-6-3-2-4-7-9(6)10-11(21-7)16-13(17(15)12(10)19)20-5-8(14)18/h6H,2-5,15H2,1H3,(H2,14,18). The largest absolute Gasteiger partial charge is 0.369 e. The van der Waals surface area contributed by atoms with Crippen molar-refractivity contribution >= 4 is 39.2 Å². The van der Waals surface area contributed by atoms with Crippen molar-refractivity contribution in [2.45, 2.75) is 37.3 Å². The zero-order chi connectivity index (χ0) is 15.1. The molecule has 0 radical (unpaired) electrons. The Morgan fingerprint density at radius 1 is 1.57 bits per heavy atom. The quantitative estimate of drug-likeness (QED) is 0.501. The number of primary amides is 1. The van der Waals surface area contributed by atoms with Gasteiger partial charge in [-0.25, -0.2) is 9.66 Å². The zero-order valence-electron chi connectivity index (χ0n) is 11.6. The number of rotatable bonds is 3. The van der Waals surface area contributed by atoms with Crippen LogP contribution in [0.2, 0.25) is 0 Å². The second-order valence-corrected chi connectivity index (χ2v) is 7.26. The van der Waals surface area contributed by atoms with Gasteiger partial charge in [0.15, 0.2) is 5.16 Å². The summed E-state index contributed by atoms with van der Waals surface area (Å²) in [6.45, 7) is 2.14. The third-order valence-corrected chi connectivity index (χ3v) is 5.85. The molecule has 4 N–H and O–H groups in total. The number of nitrogens with zero attached hydrogens (tertiary/aromatic N) is 2. The molecule has 1 aliphatic carbocycles. The number of aryl methyl sites for hydroxylation is 1. The smallest absolute Gasteiger partial charge is 0.281 e. The van der Waals surface area contributed by atoms with E-state index < -0.39 is 5.91 Å². The Morgan fingerprint density at radius 2 is 2.33 bits per heavy atom. The number of fused-ring (bicyclic) bond motifs is 3. The summed E-state index contributed by atoms with van der Waals surface area (Å²) in [6.07, 6.45) is 3.22. The van der Waals surface area contributed by atoms with Gasteiger partial charge in [-0.3, -0.25) is 9.59 Å². The molecule has 0 aliphatic heterocycles. The first-order valence-corrected chi connectivity index (χ1v) is 8.53. The highest BCUT2D eigenvalue weighted by Gasteiger charge is 2.25. The molecular weight excluding hydrogens is 308 g/mol. The van der Waals surface area contributed by atoms with Gasteiger partial charge in [0, 0.05) is 4.88 Å². The Kier molecular flexibility index (Phi) is 3.66. The molecule has 0 aromatic carbocycles. The average molecular weight is 324 g/mol. The molecule has 1 amide bonds. The van der Waals surface area contributed by atoms with Gasteiger partial charge in [-0.1, -0.05) is 18.7 Å². The summed E-state index contributed by atoms with van der Waals surface area (Å²) in [6, 6.07) is 0. The molecule has 0 saturated carbocycles. The Labute approximate surface area is 129 Å². The number of carbonyl (C=O) groups excluding carboxylic acids is 1. The minimum atomic E-state index is -0.464. The van der Waals surface area contributed by atoms with Gasteiger partial charge in [0.05, 0.1) is 11.1 Å². The van der Waals surface area contributed by atoms with Crippen LogP contribution in [0.25, 0.3) is 10.2 Å². The summed E-state index contributed by atoms with van der Waals surface area (Å²) in [5.41, 5.74) is 6.00. The molecule has 2 aromatic rings. The fourth-order valence-electron chi connectivity index (χ4n) is 2.77. The van der Waals surface area contributed by atoms with Crippen molar-refractivity contribution in [3.8, 4) is 0 Å². The first kappa shape index (κ1) is 14.4. The van der Waals surface area contributed by atoms with Crippen molar-refractivity contribution in [3.05, 3.63) is 20.8 Å². The molecule has 1 atom stereocenters. The Bertz CT molecular complexity index is 781. The van der Waals surface area contributed by atoms with Crippen molar-refractivity contribution in [1.29, 1.82) is 0 Å². The van der Waals surface area contributed by atoms with Crippen LogP contribution in [0.3, 0.4) is 0 Å². The molecule has 3 rings (SSSR count). The number of thioether (sulfide) groups is 1. The molecule has 0 bridgehead atoms. The molecule has 1 unspecified atom stereocenters. The van der Waals surface area contributed by atoms with E-state index in [1.807, 2.05) is 0 Å². The maximum atomic E-state index is 12.5. The molecule has 112 valence electrons. The zero-order valence-corrected chi connectivity index (χ0v) is 13.2. The van der Waals surface area contributed by atoms with Crippen molar-refractivity contribution in [2.75, 3.05) is 11.6 Å². The van der Waals surface area contributed by atoms with Gasteiger partial charge in [0.2, 0.25) is 5.91 Å². The molecule has 0 spiro atoms. The van der Waals surface area contributed by atoms with Crippen LogP contribution in [0.15, 0.2) is 9.95 Å². The number of hydrogen-bond acceptors (Lipinski definition) is 6. The predicted molar refractivity (Wildman–Crippen MR) is 85.3 cm³/mol. The van der Waals surface area contributed by atoms with Gasteiger partial charge in [0.1, 0.15) is 4.83 Å². The Balaban J connectivity index is 2.18. The van der Waals surface area contributed by atoms with E-state index in [4.69, 9.17) is 11.6 Å². The average Bonchev–Trinajstić information content (AvgIpc) is 2.81. The van der Waals surface area contributed by atoms with Crippen molar-refractivity contribution in [3.63, 3.8) is 0 Å². The predicted octanol–water partition coefficient (Wildman–Crippen LogP) is 1.19. The monoisotopic (exact) mass is 324 g/mol. The lowest BCUT2D eigenvalue weighted by Crippen LogP contribution is -2.30. The van der Waals surface area contributed by atoms with Crippen LogP contribution in [-0.4, -0.2) is 21.3 Å². The van der Waals surface area contributed by atoms with Crippen LogP contribution < -0.4 is 17.1 Å². The Morgan fingerprint density at radius 3 is 3.05 bits per heavy atom. The lowest BCUT2D eigenvalue weighted by molar-refractivity contribution is -0.115. The summed E-state index contributed by atoms with van der Waals surface area (Å²) in [5, 5.41) is 0.977. The number of carbonyl (C=O) groups is 1. The molecule has 0 saturated heterocycles. The van der Waals surface area contributed by atoms with Gasteiger partial charge >= 0.3 is 0 Å². The van der Waals surface area contributed by atoms with Crippen LogP contribution in [0, 0.1) is 0 Å². The first-order chi connectivity index (χ1) is 9.99. The van der Waals surface area contributed by atoms with Crippen molar-refractivity contribution < 1.29 is 4.79 Å². The molecule has 8 heteroatoms. The van der Waals surface area contributed by atoms with Crippen molar-refractivity contribution in [1.82, 2.24) is 9.66 Å². The summed E-state index contributed by atoms with van der Waals surface area (Å²) in [7, 11) is 0. The molecular formula is C13H16N4O2S2. The van der Waals surface area contributed by atoms with Gasteiger partial charge < -0.3 is 11.6 Å². The second kappa shape index (κ2) is 5.34. The Hall–Kier alpha value is -1.54. The van der Waals surface area contributed by atoms with E-state index >= 15 is 0 Å². The van der Waals surface area contributed by atoms with Crippen LogP contribution in [0.4, 0.5) is 0 Å². The lowest BCUT2D eigenvalue weighted by atomic mass is 9.88. The number of amides is 1. The molecule has 2 aromatic heterocycles.